The minimum absolute atomic E-state index is 0.240. The summed E-state index contributed by atoms with van der Waals surface area (Å²) >= 11 is 0. The monoisotopic (exact) mass is 852 g/mol. The lowest BCUT2D eigenvalue weighted by Crippen LogP contribution is -2.64. The van der Waals surface area contributed by atoms with Crippen molar-refractivity contribution in [3.63, 3.8) is 0 Å². The van der Waals surface area contributed by atoms with Crippen molar-refractivity contribution in [1.29, 1.82) is 0 Å². The molecule has 0 spiro atoms. The second-order valence-electron chi connectivity index (χ2n) is 16.8. The van der Waals surface area contributed by atoms with Crippen LogP contribution in [0.3, 0.4) is 0 Å². The van der Waals surface area contributed by atoms with Crippen molar-refractivity contribution in [3.05, 3.63) is 12.2 Å². The molecule has 8 atom stereocenters. The third-order valence-electron chi connectivity index (χ3n) is 11.4. The molecule has 1 amide bonds. The van der Waals surface area contributed by atoms with E-state index in [-0.39, 0.29) is 6.42 Å². The van der Waals surface area contributed by atoms with E-state index in [1.54, 1.807) is 6.08 Å². The Labute approximate surface area is 351 Å². The number of hydrogen-bond donors (Lipinski definition) is 9. The molecule has 8 unspecified atom stereocenters. The number of carbonyl (C=O) groups is 1. The van der Waals surface area contributed by atoms with Crippen molar-refractivity contribution in [1.82, 2.24) is 5.32 Å². The molecule has 1 saturated carbocycles. The second kappa shape index (κ2) is 34.6. The number of phosphoric ester groups is 1. The highest BCUT2D eigenvalue weighted by atomic mass is 31.2. The number of aliphatic hydroxyl groups is 7. The van der Waals surface area contributed by atoms with Crippen LogP contribution in [0, 0.1) is 0 Å². The first-order chi connectivity index (χ1) is 27.8. The third kappa shape index (κ3) is 26.4. The molecule has 0 aliphatic heterocycles. The Morgan fingerprint density at radius 2 is 0.983 bits per heavy atom. The molecular weight excluding hydrogens is 765 g/mol. The summed E-state index contributed by atoms with van der Waals surface area (Å²) in [6.07, 6.45) is 21.6. The number of amides is 1. The number of carbonyl (C=O) groups excluding carboxylic acids is 1. The maximum Gasteiger partial charge on any atom is 0.472 e. The maximum absolute atomic E-state index is 13.0. The van der Waals surface area contributed by atoms with E-state index in [1.165, 1.54) is 128 Å². The molecule has 1 fully saturated rings. The molecule has 58 heavy (non-hydrogen) atoms. The normalized spacial score (nSPS) is 23.8. The van der Waals surface area contributed by atoms with Gasteiger partial charge in [-0.1, -0.05) is 187 Å². The summed E-state index contributed by atoms with van der Waals surface area (Å²) in [4.78, 5) is 23.4. The van der Waals surface area contributed by atoms with Crippen LogP contribution < -0.4 is 5.32 Å². The topological polar surface area (TPSA) is 226 Å². The van der Waals surface area contributed by atoms with Gasteiger partial charge in [0.25, 0.3) is 0 Å². The van der Waals surface area contributed by atoms with Crippen LogP contribution in [0.25, 0.3) is 0 Å². The Morgan fingerprint density at radius 1 is 0.603 bits per heavy atom. The van der Waals surface area contributed by atoms with E-state index < -0.39 is 75.2 Å². The molecule has 1 rings (SSSR count). The van der Waals surface area contributed by atoms with Crippen LogP contribution in [0.4, 0.5) is 0 Å². The van der Waals surface area contributed by atoms with Gasteiger partial charge in [0.15, 0.2) is 0 Å². The number of allylic oxidation sites excluding steroid dienone is 1. The first-order valence-electron chi connectivity index (χ1n) is 23.2. The van der Waals surface area contributed by atoms with E-state index in [1.807, 2.05) is 0 Å². The summed E-state index contributed by atoms with van der Waals surface area (Å²) in [6, 6.07) is -1.23. The standard InChI is InChI=1S/C44H86NO12P/c1-3-5-7-9-11-13-15-17-19-21-23-25-27-29-31-35(46)33-38(48)45-36(34-56-58(54,55)57-44-42(52)40(50)39(49)41(51)43(44)53)37(47)32-30-28-26-24-22-20-18-16-14-12-10-8-6-4-2/h30,32,35-37,39-44,46-47,49-53H,3-29,31,33-34H2,1-2H3,(H,45,48)(H,54,55)/b32-30+. The molecular formula is C44H86NO12P. The van der Waals surface area contributed by atoms with Gasteiger partial charge in [0.05, 0.1) is 31.3 Å². The molecule has 1 aliphatic carbocycles. The van der Waals surface area contributed by atoms with Gasteiger partial charge in [0.2, 0.25) is 5.91 Å². The fourth-order valence-electron chi connectivity index (χ4n) is 7.54. The summed E-state index contributed by atoms with van der Waals surface area (Å²) in [7, 11) is -5.13. The average Bonchev–Trinajstić information content (AvgIpc) is 3.19. The molecule has 344 valence electrons. The van der Waals surface area contributed by atoms with Crippen molar-refractivity contribution in [2.45, 2.75) is 255 Å². The van der Waals surface area contributed by atoms with Crippen LogP contribution in [-0.4, -0.2) is 108 Å². The quantitative estimate of drug-likeness (QED) is 0.0168. The van der Waals surface area contributed by atoms with E-state index in [4.69, 9.17) is 9.05 Å². The molecule has 0 aromatic rings. The zero-order valence-electron chi connectivity index (χ0n) is 36.2. The highest BCUT2D eigenvalue weighted by Crippen LogP contribution is 2.47. The SMILES string of the molecule is CCCCCCCCCCCCCC/C=C/C(O)C(COP(=O)(O)OC1C(O)C(O)C(O)C(O)C1O)NC(=O)CC(O)CCCCCCCCCCCCCCCC. The van der Waals surface area contributed by atoms with Gasteiger partial charge in [-0.3, -0.25) is 13.8 Å². The molecule has 0 radical (unpaired) electrons. The van der Waals surface area contributed by atoms with Crippen LogP contribution in [0.5, 0.6) is 0 Å². The van der Waals surface area contributed by atoms with Crippen LogP contribution in [0.15, 0.2) is 12.2 Å². The molecule has 0 aromatic heterocycles. The van der Waals surface area contributed by atoms with Crippen molar-refractivity contribution >= 4 is 13.7 Å². The number of unbranched alkanes of at least 4 members (excludes halogenated alkanes) is 25. The number of nitrogens with one attached hydrogen (secondary N) is 1. The number of aliphatic hydroxyl groups excluding tert-OH is 7. The van der Waals surface area contributed by atoms with Crippen molar-refractivity contribution in [2.75, 3.05) is 6.61 Å². The van der Waals surface area contributed by atoms with Crippen LogP contribution in [0.1, 0.15) is 200 Å². The summed E-state index contributed by atoms with van der Waals surface area (Å²) in [6.45, 7) is 3.73. The Morgan fingerprint density at radius 3 is 1.41 bits per heavy atom. The minimum atomic E-state index is -5.13. The third-order valence-corrected chi connectivity index (χ3v) is 12.4. The van der Waals surface area contributed by atoms with Gasteiger partial charge in [0, 0.05) is 0 Å². The van der Waals surface area contributed by atoms with Crippen LogP contribution in [0.2, 0.25) is 0 Å². The number of phosphoric acid groups is 1. The first kappa shape index (κ1) is 55.1. The molecule has 0 saturated heterocycles. The Balaban J connectivity index is 2.56. The van der Waals surface area contributed by atoms with E-state index in [9.17, 15) is 50.0 Å². The Hall–Kier alpha value is -0.960. The lowest BCUT2D eigenvalue weighted by Gasteiger charge is -2.41. The van der Waals surface area contributed by atoms with Crippen molar-refractivity contribution < 1.29 is 59.0 Å². The smallest absolute Gasteiger partial charge is 0.393 e. The molecule has 9 N–H and O–H groups in total. The summed E-state index contributed by atoms with van der Waals surface area (Å²) in [5, 5.41) is 74.4. The molecule has 1 aliphatic rings. The fraction of sp³-hybridized carbons (Fsp3) is 0.932. The van der Waals surface area contributed by atoms with Gasteiger partial charge in [-0.2, -0.15) is 0 Å². The van der Waals surface area contributed by atoms with Crippen molar-refractivity contribution in [2.24, 2.45) is 0 Å². The average molecular weight is 852 g/mol. The lowest BCUT2D eigenvalue weighted by molar-refractivity contribution is -0.220. The van der Waals surface area contributed by atoms with E-state index in [0.29, 0.717) is 12.8 Å². The fourth-order valence-corrected chi connectivity index (χ4v) is 8.50. The highest BCUT2D eigenvalue weighted by Gasteiger charge is 2.51. The van der Waals surface area contributed by atoms with Gasteiger partial charge in [-0.15, -0.1) is 0 Å². The zero-order chi connectivity index (χ0) is 43.0. The van der Waals surface area contributed by atoms with Gasteiger partial charge in [0.1, 0.15) is 36.6 Å². The minimum Gasteiger partial charge on any atom is -0.393 e. The summed E-state index contributed by atoms with van der Waals surface area (Å²) in [5.41, 5.74) is 0. The Bertz CT molecular complexity index is 1050. The number of hydrogen-bond acceptors (Lipinski definition) is 11. The largest absolute Gasteiger partial charge is 0.472 e. The van der Waals surface area contributed by atoms with Gasteiger partial charge < -0.3 is 46.0 Å². The summed E-state index contributed by atoms with van der Waals surface area (Å²) < 4.78 is 22.8. The van der Waals surface area contributed by atoms with Crippen LogP contribution >= 0.6 is 7.82 Å². The molecule has 14 heteroatoms. The maximum atomic E-state index is 13.0. The Kier molecular flexibility index (Phi) is 32.9. The zero-order valence-corrected chi connectivity index (χ0v) is 37.1. The van der Waals surface area contributed by atoms with Gasteiger partial charge in [-0.05, 0) is 19.3 Å². The lowest BCUT2D eigenvalue weighted by atomic mass is 9.85. The second-order valence-corrected chi connectivity index (χ2v) is 18.2. The molecule has 13 nitrogen and oxygen atoms in total. The predicted octanol–water partition coefficient (Wildman–Crippen LogP) is 7.42. The van der Waals surface area contributed by atoms with E-state index in [0.717, 1.165) is 44.9 Å². The molecule has 0 aromatic carbocycles. The van der Waals surface area contributed by atoms with E-state index in [2.05, 4.69) is 19.2 Å². The number of rotatable bonds is 38. The first-order valence-corrected chi connectivity index (χ1v) is 24.7. The van der Waals surface area contributed by atoms with E-state index >= 15 is 0 Å². The highest BCUT2D eigenvalue weighted by molar-refractivity contribution is 7.47. The van der Waals surface area contributed by atoms with Crippen LogP contribution in [-0.2, 0) is 18.4 Å². The van der Waals surface area contributed by atoms with Gasteiger partial charge in [-0.25, -0.2) is 4.57 Å². The van der Waals surface area contributed by atoms with Crippen molar-refractivity contribution in [3.8, 4) is 0 Å². The molecule has 0 bridgehead atoms. The summed E-state index contributed by atoms with van der Waals surface area (Å²) in [5.74, 6) is -0.591. The van der Waals surface area contributed by atoms with Gasteiger partial charge >= 0.3 is 7.82 Å². The predicted molar refractivity (Wildman–Crippen MR) is 229 cm³/mol. The molecule has 0 heterocycles.